The Labute approximate surface area is 125 Å². The Morgan fingerprint density at radius 3 is 2.86 bits per heavy atom. The Balaban J connectivity index is 1.73. The number of phenols is 1. The average Bonchev–Trinajstić information content (AvgIpc) is 2.84. The highest BCUT2D eigenvalue weighted by Gasteiger charge is 2.56. The first kappa shape index (κ1) is 13.3. The van der Waals surface area contributed by atoms with Crippen molar-refractivity contribution in [2.75, 3.05) is 6.61 Å². The zero-order valence-electron chi connectivity index (χ0n) is 12.2. The van der Waals surface area contributed by atoms with Crippen molar-refractivity contribution in [1.82, 2.24) is 0 Å². The van der Waals surface area contributed by atoms with Gasteiger partial charge in [-0.25, -0.2) is 0 Å². The quantitative estimate of drug-likeness (QED) is 0.834. The molecule has 3 nitrogen and oxygen atoms in total. The van der Waals surface area contributed by atoms with Gasteiger partial charge in [-0.05, 0) is 73.1 Å². The van der Waals surface area contributed by atoms with E-state index in [1.54, 1.807) is 6.07 Å². The molecule has 2 saturated carbocycles. The second-order valence-corrected chi connectivity index (χ2v) is 7.11. The number of fused-ring (bicyclic) bond motifs is 5. The maximum atomic E-state index is 12.3. The Bertz CT molecular complexity index is 594. The number of hydrogen-bond donors (Lipinski definition) is 2. The Morgan fingerprint density at radius 1 is 1.19 bits per heavy atom. The van der Waals surface area contributed by atoms with Crippen LogP contribution in [0.15, 0.2) is 18.2 Å². The molecule has 2 N–H and O–H groups in total. The molecule has 0 radical (unpaired) electrons. The number of Topliss-reactive ketones (excluding diaryl/α,β-unsaturated/α-hetero) is 1. The average molecular weight is 286 g/mol. The largest absolute Gasteiger partial charge is 0.508 e. The van der Waals surface area contributed by atoms with E-state index in [-0.39, 0.29) is 6.61 Å². The number of aliphatic hydroxyl groups is 1. The second-order valence-electron chi connectivity index (χ2n) is 7.11. The molecule has 1 aromatic carbocycles. The number of carbonyl (C=O) groups excluding carboxylic acids is 1. The predicted octanol–water partition coefficient (Wildman–Crippen LogP) is 2.79. The number of carbonyl (C=O) groups is 1. The van der Waals surface area contributed by atoms with E-state index >= 15 is 0 Å². The highest BCUT2D eigenvalue weighted by molar-refractivity contribution is 5.87. The molecule has 3 aliphatic rings. The van der Waals surface area contributed by atoms with E-state index in [2.05, 4.69) is 6.07 Å². The number of aryl methyl sites for hydroxylation is 1. The fraction of sp³-hybridized carbons (Fsp3) is 0.611. The van der Waals surface area contributed by atoms with Crippen LogP contribution < -0.4 is 0 Å². The summed E-state index contributed by atoms with van der Waals surface area (Å²) in [7, 11) is 0. The van der Waals surface area contributed by atoms with Crippen LogP contribution in [0.25, 0.3) is 0 Å². The molecular weight excluding hydrogens is 264 g/mol. The van der Waals surface area contributed by atoms with E-state index in [0.717, 1.165) is 32.1 Å². The Morgan fingerprint density at radius 2 is 2.05 bits per heavy atom. The second kappa shape index (κ2) is 4.57. The van der Waals surface area contributed by atoms with Crippen molar-refractivity contribution in [3.63, 3.8) is 0 Å². The number of benzene rings is 1. The van der Waals surface area contributed by atoms with E-state index in [0.29, 0.717) is 35.7 Å². The van der Waals surface area contributed by atoms with Gasteiger partial charge in [0, 0.05) is 6.42 Å². The molecule has 2 fully saturated rings. The molecule has 0 aliphatic heterocycles. The summed E-state index contributed by atoms with van der Waals surface area (Å²) < 4.78 is 0. The van der Waals surface area contributed by atoms with Crippen LogP contribution in [0.2, 0.25) is 0 Å². The maximum absolute atomic E-state index is 12.3. The van der Waals surface area contributed by atoms with Gasteiger partial charge in [0.05, 0.1) is 12.0 Å². The fourth-order valence-electron chi connectivity index (χ4n) is 5.44. The van der Waals surface area contributed by atoms with Gasteiger partial charge >= 0.3 is 0 Å². The molecule has 0 aromatic heterocycles. The first-order valence-corrected chi connectivity index (χ1v) is 8.11. The molecule has 0 heterocycles. The third-order valence-electron chi connectivity index (χ3n) is 6.44. The van der Waals surface area contributed by atoms with Crippen LogP contribution in [-0.2, 0) is 11.2 Å². The van der Waals surface area contributed by atoms with E-state index in [4.69, 9.17) is 0 Å². The van der Waals surface area contributed by atoms with Crippen LogP contribution in [0.5, 0.6) is 5.75 Å². The number of ketones is 1. The van der Waals surface area contributed by atoms with Crippen LogP contribution >= 0.6 is 0 Å². The smallest absolute Gasteiger partial charge is 0.141 e. The zero-order valence-corrected chi connectivity index (χ0v) is 12.2. The molecule has 1 aromatic rings. The molecule has 4 atom stereocenters. The molecule has 3 aliphatic carbocycles. The van der Waals surface area contributed by atoms with Gasteiger partial charge < -0.3 is 10.2 Å². The first-order chi connectivity index (χ1) is 10.2. The third-order valence-corrected chi connectivity index (χ3v) is 6.44. The normalized spacial score (nSPS) is 37.8. The Kier molecular flexibility index (Phi) is 2.90. The molecule has 4 rings (SSSR count). The minimum absolute atomic E-state index is 0.0299. The number of aromatic hydroxyl groups is 1. The minimum Gasteiger partial charge on any atom is -0.508 e. The van der Waals surface area contributed by atoms with Crippen molar-refractivity contribution in [3.8, 4) is 5.75 Å². The number of rotatable bonds is 1. The minimum atomic E-state index is -0.435. The summed E-state index contributed by atoms with van der Waals surface area (Å²) in [6.07, 6.45) is 5.49. The van der Waals surface area contributed by atoms with Crippen molar-refractivity contribution < 1.29 is 15.0 Å². The third kappa shape index (κ3) is 1.73. The van der Waals surface area contributed by atoms with Gasteiger partial charge in [0.1, 0.15) is 11.5 Å². The summed E-state index contributed by atoms with van der Waals surface area (Å²) in [5, 5.41) is 19.6. The summed E-state index contributed by atoms with van der Waals surface area (Å²) >= 11 is 0. The SMILES string of the molecule is O=C1CC[C@@H]2[C@H]3CCc4cc(O)ccc4[C@@H]3CC[C@]12CO. The van der Waals surface area contributed by atoms with E-state index in [1.807, 2.05) is 6.07 Å². The summed E-state index contributed by atoms with van der Waals surface area (Å²) in [5.74, 6) is 2.03. The molecule has 3 heteroatoms. The molecular formula is C18H22O3. The molecule has 21 heavy (non-hydrogen) atoms. The lowest BCUT2D eigenvalue weighted by molar-refractivity contribution is -0.134. The van der Waals surface area contributed by atoms with Gasteiger partial charge in [-0.1, -0.05) is 6.07 Å². The molecule has 0 saturated heterocycles. The van der Waals surface area contributed by atoms with Crippen molar-refractivity contribution in [1.29, 1.82) is 0 Å². The van der Waals surface area contributed by atoms with Gasteiger partial charge in [-0.2, -0.15) is 0 Å². The lowest BCUT2D eigenvalue weighted by atomic mass is 9.55. The lowest BCUT2D eigenvalue weighted by Crippen LogP contribution is -2.46. The molecule has 0 bridgehead atoms. The van der Waals surface area contributed by atoms with E-state index in [1.165, 1.54) is 11.1 Å². The van der Waals surface area contributed by atoms with Gasteiger partial charge in [0.25, 0.3) is 0 Å². The predicted molar refractivity (Wildman–Crippen MR) is 79.1 cm³/mol. The van der Waals surface area contributed by atoms with Crippen molar-refractivity contribution in [2.24, 2.45) is 17.3 Å². The highest BCUT2D eigenvalue weighted by atomic mass is 16.3. The first-order valence-electron chi connectivity index (χ1n) is 8.11. The topological polar surface area (TPSA) is 57.5 Å². The summed E-state index contributed by atoms with van der Waals surface area (Å²) in [6, 6.07) is 5.76. The summed E-state index contributed by atoms with van der Waals surface area (Å²) in [5.41, 5.74) is 2.21. The standard InChI is InChI=1S/C18H22O3/c19-10-18-8-7-14-13-4-2-12(20)9-11(13)1-3-15(14)16(18)5-6-17(18)21/h2,4,9,14-16,19-20H,1,3,5-8,10H2/t14-,15-,16+,18+/m0/s1. The van der Waals surface area contributed by atoms with Gasteiger partial charge in [-0.15, -0.1) is 0 Å². The van der Waals surface area contributed by atoms with Crippen LogP contribution in [0, 0.1) is 17.3 Å². The lowest BCUT2D eigenvalue weighted by Gasteiger charge is -2.49. The number of hydrogen-bond acceptors (Lipinski definition) is 3. The number of aliphatic hydroxyl groups excluding tert-OH is 1. The van der Waals surface area contributed by atoms with E-state index in [9.17, 15) is 15.0 Å². The molecule has 0 spiro atoms. The van der Waals surface area contributed by atoms with Crippen LogP contribution in [0.4, 0.5) is 0 Å². The van der Waals surface area contributed by atoms with Gasteiger partial charge in [-0.3, -0.25) is 4.79 Å². The monoisotopic (exact) mass is 286 g/mol. The van der Waals surface area contributed by atoms with E-state index < -0.39 is 5.41 Å². The fourth-order valence-corrected chi connectivity index (χ4v) is 5.44. The summed E-state index contributed by atoms with van der Waals surface area (Å²) in [6.45, 7) is 0.0299. The molecule has 0 amide bonds. The highest BCUT2D eigenvalue weighted by Crippen LogP contribution is 2.59. The van der Waals surface area contributed by atoms with Crippen LogP contribution in [0.3, 0.4) is 0 Å². The molecule has 112 valence electrons. The van der Waals surface area contributed by atoms with Crippen molar-refractivity contribution in [3.05, 3.63) is 29.3 Å². The zero-order chi connectivity index (χ0) is 14.6. The van der Waals surface area contributed by atoms with Crippen molar-refractivity contribution >= 4 is 5.78 Å². The maximum Gasteiger partial charge on any atom is 0.141 e. The van der Waals surface area contributed by atoms with Crippen LogP contribution in [0.1, 0.15) is 49.1 Å². The molecule has 0 unspecified atom stereocenters. The van der Waals surface area contributed by atoms with Gasteiger partial charge in [0.15, 0.2) is 0 Å². The number of phenolic OH excluding ortho intramolecular Hbond substituents is 1. The summed E-state index contributed by atoms with van der Waals surface area (Å²) in [4.78, 5) is 12.3. The van der Waals surface area contributed by atoms with Gasteiger partial charge in [0.2, 0.25) is 0 Å². The van der Waals surface area contributed by atoms with Crippen LogP contribution in [-0.4, -0.2) is 22.6 Å². The Hall–Kier alpha value is -1.35. The van der Waals surface area contributed by atoms with Crippen molar-refractivity contribution in [2.45, 2.75) is 44.4 Å².